The van der Waals surface area contributed by atoms with Crippen LogP contribution in [-0.2, 0) is 0 Å². The number of aliphatic hydroxyl groups excluding tert-OH is 1. The number of halogens is 1. The van der Waals surface area contributed by atoms with Crippen LogP contribution in [0.15, 0.2) is 18.2 Å². The second-order valence-electron chi connectivity index (χ2n) is 5.23. The van der Waals surface area contributed by atoms with E-state index in [2.05, 4.69) is 5.32 Å². The van der Waals surface area contributed by atoms with Crippen LogP contribution in [0.5, 0.6) is 0 Å². The lowest BCUT2D eigenvalue weighted by molar-refractivity contribution is -0.0510. The van der Waals surface area contributed by atoms with Gasteiger partial charge in [0.05, 0.1) is 6.10 Å². The van der Waals surface area contributed by atoms with Crippen LogP contribution in [0.1, 0.15) is 25.8 Å². The van der Waals surface area contributed by atoms with Crippen molar-refractivity contribution in [2.75, 3.05) is 5.32 Å². The number of anilines is 1. The number of hydrogen-bond donors (Lipinski definition) is 2. The Kier molecular flexibility index (Phi) is 2.66. The van der Waals surface area contributed by atoms with Crippen LogP contribution < -0.4 is 5.32 Å². The molecule has 16 heavy (non-hydrogen) atoms. The highest BCUT2D eigenvalue weighted by Gasteiger charge is 2.47. The zero-order chi connectivity index (χ0) is 11.9. The van der Waals surface area contributed by atoms with E-state index in [0.717, 1.165) is 12.1 Å². The van der Waals surface area contributed by atoms with Gasteiger partial charge in [-0.05, 0) is 31.0 Å². The molecule has 0 aromatic heterocycles. The van der Waals surface area contributed by atoms with Gasteiger partial charge in [-0.2, -0.15) is 0 Å². The summed E-state index contributed by atoms with van der Waals surface area (Å²) in [5.41, 5.74) is 1.30. The van der Waals surface area contributed by atoms with Crippen molar-refractivity contribution in [3.8, 4) is 0 Å². The largest absolute Gasteiger partial charge is 0.392 e. The molecule has 0 bridgehead atoms. The summed E-state index contributed by atoms with van der Waals surface area (Å²) in [5.74, 6) is -0.192. The summed E-state index contributed by atoms with van der Waals surface area (Å²) < 4.78 is 13.3. The fraction of sp³-hybridized carbons (Fsp3) is 0.538. The first-order chi connectivity index (χ1) is 7.41. The maximum atomic E-state index is 13.3. The molecule has 0 aliphatic heterocycles. The van der Waals surface area contributed by atoms with Gasteiger partial charge in [0.2, 0.25) is 0 Å². The van der Waals surface area contributed by atoms with E-state index in [1.807, 2.05) is 19.9 Å². The van der Waals surface area contributed by atoms with Gasteiger partial charge in [-0.15, -0.1) is 0 Å². The minimum Gasteiger partial charge on any atom is -0.392 e. The lowest BCUT2D eigenvalue weighted by atomic mass is 9.64. The third-order valence-corrected chi connectivity index (χ3v) is 3.73. The first-order valence-electron chi connectivity index (χ1n) is 5.62. The molecule has 1 aromatic carbocycles. The molecule has 0 radical (unpaired) electrons. The minimum atomic E-state index is -0.264. The Morgan fingerprint density at radius 1 is 1.44 bits per heavy atom. The van der Waals surface area contributed by atoms with Crippen molar-refractivity contribution in [3.05, 3.63) is 29.6 Å². The first-order valence-corrected chi connectivity index (χ1v) is 5.62. The highest BCUT2D eigenvalue weighted by molar-refractivity contribution is 5.47. The Morgan fingerprint density at radius 2 is 2.12 bits per heavy atom. The molecule has 3 heteroatoms. The zero-order valence-electron chi connectivity index (χ0n) is 9.92. The molecular formula is C13H18FNO. The van der Waals surface area contributed by atoms with Gasteiger partial charge >= 0.3 is 0 Å². The third-order valence-electron chi connectivity index (χ3n) is 3.73. The summed E-state index contributed by atoms with van der Waals surface area (Å²) in [6.07, 6.45) is 0.461. The van der Waals surface area contributed by atoms with E-state index >= 15 is 0 Å². The van der Waals surface area contributed by atoms with Gasteiger partial charge in [0, 0.05) is 17.1 Å². The average Bonchev–Trinajstić information content (AvgIpc) is 2.23. The van der Waals surface area contributed by atoms with E-state index in [0.29, 0.717) is 5.56 Å². The van der Waals surface area contributed by atoms with Crippen LogP contribution >= 0.6 is 0 Å². The standard InChI is InChI=1S/C13H18FNO/c1-8-4-5-9(6-10(8)14)15-11-7-12(16)13(11,2)3/h4-6,11-12,15-16H,7H2,1-3H3. The van der Waals surface area contributed by atoms with Gasteiger partial charge < -0.3 is 10.4 Å². The Hall–Kier alpha value is -1.09. The molecule has 0 spiro atoms. The Labute approximate surface area is 95.5 Å². The molecule has 88 valence electrons. The fourth-order valence-electron chi connectivity index (χ4n) is 2.03. The van der Waals surface area contributed by atoms with Crippen LogP contribution in [0.25, 0.3) is 0 Å². The molecule has 0 heterocycles. The highest BCUT2D eigenvalue weighted by atomic mass is 19.1. The SMILES string of the molecule is Cc1ccc(NC2CC(O)C2(C)C)cc1F. The molecule has 2 atom stereocenters. The molecule has 0 saturated heterocycles. The first kappa shape index (κ1) is 11.4. The Morgan fingerprint density at radius 3 is 2.62 bits per heavy atom. The molecule has 1 fully saturated rings. The summed E-state index contributed by atoms with van der Waals surface area (Å²) in [6, 6.07) is 5.36. The topological polar surface area (TPSA) is 32.3 Å². The van der Waals surface area contributed by atoms with Crippen molar-refractivity contribution in [1.82, 2.24) is 0 Å². The molecule has 1 aliphatic carbocycles. The molecule has 2 N–H and O–H groups in total. The quantitative estimate of drug-likeness (QED) is 0.808. The van der Waals surface area contributed by atoms with Gasteiger partial charge in [-0.1, -0.05) is 19.9 Å². The minimum absolute atomic E-state index is 0.138. The molecule has 0 amide bonds. The summed E-state index contributed by atoms with van der Waals surface area (Å²) in [7, 11) is 0. The van der Waals surface area contributed by atoms with Crippen LogP contribution in [-0.4, -0.2) is 17.3 Å². The zero-order valence-corrected chi connectivity index (χ0v) is 9.92. The van der Waals surface area contributed by atoms with Gasteiger partial charge in [-0.3, -0.25) is 0 Å². The lowest BCUT2D eigenvalue weighted by Gasteiger charge is -2.49. The van der Waals surface area contributed by atoms with E-state index in [4.69, 9.17) is 0 Å². The Balaban J connectivity index is 2.08. The molecule has 1 aromatic rings. The van der Waals surface area contributed by atoms with Gasteiger partial charge in [0.1, 0.15) is 5.82 Å². The normalized spacial score (nSPS) is 27.3. The van der Waals surface area contributed by atoms with Crippen LogP contribution in [0.3, 0.4) is 0 Å². The molecule has 2 rings (SSSR count). The maximum absolute atomic E-state index is 13.3. The maximum Gasteiger partial charge on any atom is 0.128 e. The second kappa shape index (κ2) is 3.74. The molecule has 2 unspecified atom stereocenters. The summed E-state index contributed by atoms with van der Waals surface area (Å²) >= 11 is 0. The van der Waals surface area contributed by atoms with Crippen molar-refractivity contribution < 1.29 is 9.50 Å². The monoisotopic (exact) mass is 223 g/mol. The third kappa shape index (κ3) is 1.80. The highest BCUT2D eigenvalue weighted by Crippen LogP contribution is 2.42. The summed E-state index contributed by atoms with van der Waals surface area (Å²) in [4.78, 5) is 0. The molecule has 2 nitrogen and oxygen atoms in total. The van der Waals surface area contributed by atoms with Gasteiger partial charge in [0.15, 0.2) is 0 Å². The molecular weight excluding hydrogens is 205 g/mol. The summed E-state index contributed by atoms with van der Waals surface area (Å²) in [6.45, 7) is 5.78. The van der Waals surface area contributed by atoms with E-state index in [1.165, 1.54) is 6.07 Å². The van der Waals surface area contributed by atoms with Crippen molar-refractivity contribution >= 4 is 5.69 Å². The number of aliphatic hydroxyl groups is 1. The van der Waals surface area contributed by atoms with E-state index in [9.17, 15) is 9.50 Å². The number of nitrogens with one attached hydrogen (secondary N) is 1. The number of rotatable bonds is 2. The number of benzene rings is 1. The van der Waals surface area contributed by atoms with E-state index in [-0.39, 0.29) is 23.4 Å². The van der Waals surface area contributed by atoms with Crippen molar-refractivity contribution in [3.63, 3.8) is 0 Å². The van der Waals surface area contributed by atoms with Crippen LogP contribution in [0.4, 0.5) is 10.1 Å². The second-order valence-corrected chi connectivity index (χ2v) is 5.23. The van der Waals surface area contributed by atoms with Crippen molar-refractivity contribution in [1.29, 1.82) is 0 Å². The smallest absolute Gasteiger partial charge is 0.128 e. The van der Waals surface area contributed by atoms with Gasteiger partial charge in [0.25, 0.3) is 0 Å². The average molecular weight is 223 g/mol. The van der Waals surface area contributed by atoms with Crippen LogP contribution in [0.2, 0.25) is 0 Å². The van der Waals surface area contributed by atoms with Crippen molar-refractivity contribution in [2.45, 2.75) is 39.3 Å². The van der Waals surface area contributed by atoms with Crippen LogP contribution in [0, 0.1) is 18.2 Å². The number of aryl methyl sites for hydroxylation is 1. The predicted octanol–water partition coefficient (Wildman–Crippen LogP) is 2.71. The van der Waals surface area contributed by atoms with E-state index in [1.54, 1.807) is 13.0 Å². The molecule has 1 aliphatic rings. The predicted molar refractivity (Wildman–Crippen MR) is 63.0 cm³/mol. The van der Waals surface area contributed by atoms with Crippen molar-refractivity contribution in [2.24, 2.45) is 5.41 Å². The molecule has 1 saturated carbocycles. The summed E-state index contributed by atoms with van der Waals surface area (Å²) in [5, 5.41) is 12.9. The lowest BCUT2D eigenvalue weighted by Crippen LogP contribution is -2.56. The van der Waals surface area contributed by atoms with Gasteiger partial charge in [-0.25, -0.2) is 4.39 Å². The number of hydrogen-bond acceptors (Lipinski definition) is 2. The van der Waals surface area contributed by atoms with E-state index < -0.39 is 0 Å². The Bertz CT molecular complexity index is 403. The fourth-order valence-corrected chi connectivity index (χ4v) is 2.03.